The quantitative estimate of drug-likeness (QED) is 0.405. The summed E-state index contributed by atoms with van der Waals surface area (Å²) in [6.07, 6.45) is 4.04. The van der Waals surface area contributed by atoms with Crippen LogP contribution in [0.2, 0.25) is 0 Å². The SMILES string of the molecule is CCN(CC)CCOC(=O)/C=C/c1ccc2occ(C(=O)Nc3ccccc3)c(=O)c2c1. The second kappa shape index (κ2) is 11.1. The number of ether oxygens (including phenoxy) is 1. The van der Waals surface area contributed by atoms with Crippen molar-refractivity contribution >= 4 is 34.6 Å². The van der Waals surface area contributed by atoms with Crippen LogP contribution in [0, 0.1) is 0 Å². The zero-order chi connectivity index (χ0) is 22.9. The highest BCUT2D eigenvalue weighted by Gasteiger charge is 2.15. The predicted octanol–water partition coefficient (Wildman–Crippen LogP) is 3.94. The molecule has 1 amide bonds. The molecule has 1 aromatic heterocycles. The molecule has 0 aliphatic heterocycles. The largest absolute Gasteiger partial charge is 0.463 e. The molecule has 3 rings (SSSR count). The normalized spacial score (nSPS) is 11.2. The van der Waals surface area contributed by atoms with Crippen LogP contribution in [0.5, 0.6) is 0 Å². The van der Waals surface area contributed by atoms with Crippen LogP contribution in [0.25, 0.3) is 17.0 Å². The molecule has 3 aromatic rings. The number of para-hydroxylation sites is 1. The number of likely N-dealkylation sites (N-methyl/N-ethyl adjacent to an activating group) is 1. The Hall–Kier alpha value is -3.71. The zero-order valence-corrected chi connectivity index (χ0v) is 18.2. The molecule has 0 aliphatic rings. The summed E-state index contributed by atoms with van der Waals surface area (Å²) in [7, 11) is 0. The number of carbonyl (C=O) groups is 2. The first-order valence-corrected chi connectivity index (χ1v) is 10.5. The van der Waals surface area contributed by atoms with E-state index in [2.05, 4.69) is 24.1 Å². The van der Waals surface area contributed by atoms with Gasteiger partial charge in [0.1, 0.15) is 24.0 Å². The number of nitrogens with one attached hydrogen (secondary N) is 1. The van der Waals surface area contributed by atoms with Crippen LogP contribution in [0.15, 0.2) is 70.1 Å². The van der Waals surface area contributed by atoms with Crippen molar-refractivity contribution in [3.8, 4) is 0 Å². The molecule has 7 heteroatoms. The van der Waals surface area contributed by atoms with Gasteiger partial charge in [0.2, 0.25) is 5.43 Å². The molecule has 166 valence electrons. The Morgan fingerprint density at radius 1 is 1.09 bits per heavy atom. The predicted molar refractivity (Wildman–Crippen MR) is 125 cm³/mol. The van der Waals surface area contributed by atoms with Gasteiger partial charge in [-0.05, 0) is 49.0 Å². The number of rotatable bonds is 9. The van der Waals surface area contributed by atoms with Gasteiger partial charge in [-0.3, -0.25) is 9.59 Å². The molecular formula is C25H26N2O5. The van der Waals surface area contributed by atoms with Crippen LogP contribution in [0.1, 0.15) is 29.8 Å². The van der Waals surface area contributed by atoms with E-state index in [0.717, 1.165) is 19.4 Å². The zero-order valence-electron chi connectivity index (χ0n) is 18.2. The number of fused-ring (bicyclic) bond motifs is 1. The standard InChI is InChI=1S/C25H26N2O5/c1-3-27(4-2)14-15-31-23(28)13-11-18-10-12-22-20(16-18)24(29)21(17-32-22)25(30)26-19-8-6-5-7-9-19/h5-13,16-17H,3-4,14-15H2,1-2H3,(H,26,30)/b13-11+. The molecule has 1 N–H and O–H groups in total. The molecule has 0 fully saturated rings. The number of hydrogen-bond acceptors (Lipinski definition) is 6. The number of esters is 1. The average molecular weight is 434 g/mol. The summed E-state index contributed by atoms with van der Waals surface area (Å²) in [6.45, 7) is 6.89. The fourth-order valence-electron chi connectivity index (χ4n) is 3.16. The van der Waals surface area contributed by atoms with Gasteiger partial charge in [-0.15, -0.1) is 0 Å². The van der Waals surface area contributed by atoms with Gasteiger partial charge >= 0.3 is 5.97 Å². The Bertz CT molecular complexity index is 1160. The van der Waals surface area contributed by atoms with Gasteiger partial charge < -0.3 is 19.4 Å². The maximum absolute atomic E-state index is 12.9. The molecule has 0 atom stereocenters. The third kappa shape index (κ3) is 5.92. The number of hydrogen-bond donors (Lipinski definition) is 1. The molecule has 0 saturated carbocycles. The van der Waals surface area contributed by atoms with Gasteiger partial charge in [0, 0.05) is 18.3 Å². The van der Waals surface area contributed by atoms with E-state index < -0.39 is 17.3 Å². The fraction of sp³-hybridized carbons (Fsp3) is 0.240. The lowest BCUT2D eigenvalue weighted by atomic mass is 10.1. The van der Waals surface area contributed by atoms with Crippen molar-refractivity contribution in [3.63, 3.8) is 0 Å². The second-order valence-electron chi connectivity index (χ2n) is 7.08. The number of carbonyl (C=O) groups excluding carboxylic acids is 2. The molecule has 1 heterocycles. The fourth-order valence-corrected chi connectivity index (χ4v) is 3.16. The molecule has 7 nitrogen and oxygen atoms in total. The average Bonchev–Trinajstić information content (AvgIpc) is 2.81. The van der Waals surface area contributed by atoms with Crippen molar-refractivity contribution in [1.29, 1.82) is 0 Å². The Morgan fingerprint density at radius 3 is 2.56 bits per heavy atom. The first-order chi connectivity index (χ1) is 15.5. The molecule has 0 radical (unpaired) electrons. The lowest BCUT2D eigenvalue weighted by molar-refractivity contribution is -0.138. The summed E-state index contributed by atoms with van der Waals surface area (Å²) in [5, 5.41) is 2.93. The van der Waals surface area contributed by atoms with Crippen molar-refractivity contribution in [3.05, 3.63) is 82.2 Å². The Labute approximate surface area is 186 Å². The molecule has 0 aliphatic carbocycles. The van der Waals surface area contributed by atoms with Crippen LogP contribution >= 0.6 is 0 Å². The lowest BCUT2D eigenvalue weighted by Crippen LogP contribution is -2.27. The number of amides is 1. The highest BCUT2D eigenvalue weighted by Crippen LogP contribution is 2.16. The van der Waals surface area contributed by atoms with Gasteiger partial charge in [0.15, 0.2) is 0 Å². The van der Waals surface area contributed by atoms with E-state index in [0.29, 0.717) is 30.0 Å². The monoisotopic (exact) mass is 434 g/mol. The highest BCUT2D eigenvalue weighted by atomic mass is 16.5. The molecule has 32 heavy (non-hydrogen) atoms. The van der Waals surface area contributed by atoms with Crippen molar-refractivity contribution < 1.29 is 18.7 Å². The minimum atomic E-state index is -0.551. The summed E-state index contributed by atoms with van der Waals surface area (Å²) in [5.41, 5.74) is 1.000. The molecule has 0 spiro atoms. The summed E-state index contributed by atoms with van der Waals surface area (Å²) in [4.78, 5) is 39.5. The molecule has 0 bridgehead atoms. The van der Waals surface area contributed by atoms with E-state index >= 15 is 0 Å². The summed E-state index contributed by atoms with van der Waals surface area (Å²) >= 11 is 0. The summed E-state index contributed by atoms with van der Waals surface area (Å²) < 4.78 is 10.7. The number of nitrogens with zero attached hydrogens (tertiary/aromatic N) is 1. The van der Waals surface area contributed by atoms with Crippen molar-refractivity contribution in [2.24, 2.45) is 0 Å². The first kappa shape index (κ1) is 23.0. The van der Waals surface area contributed by atoms with E-state index in [-0.39, 0.29) is 10.9 Å². The summed E-state index contributed by atoms with van der Waals surface area (Å²) in [5.74, 6) is -1.01. The Balaban J connectivity index is 1.72. The van der Waals surface area contributed by atoms with E-state index in [4.69, 9.17) is 9.15 Å². The van der Waals surface area contributed by atoms with Gasteiger partial charge in [-0.25, -0.2) is 4.79 Å². The van der Waals surface area contributed by atoms with Gasteiger partial charge in [-0.1, -0.05) is 38.1 Å². The van der Waals surface area contributed by atoms with Crippen molar-refractivity contribution in [2.75, 3.05) is 31.6 Å². The number of anilines is 1. The smallest absolute Gasteiger partial charge is 0.330 e. The van der Waals surface area contributed by atoms with Crippen LogP contribution in [-0.2, 0) is 9.53 Å². The minimum Gasteiger partial charge on any atom is -0.463 e. The van der Waals surface area contributed by atoms with Gasteiger partial charge in [0.25, 0.3) is 5.91 Å². The summed E-state index contributed by atoms with van der Waals surface area (Å²) in [6, 6.07) is 13.8. The Kier molecular flexibility index (Phi) is 7.94. The maximum Gasteiger partial charge on any atom is 0.330 e. The van der Waals surface area contributed by atoms with Crippen molar-refractivity contribution in [1.82, 2.24) is 4.90 Å². The van der Waals surface area contributed by atoms with Crippen LogP contribution in [-0.4, -0.2) is 43.0 Å². The van der Waals surface area contributed by atoms with Crippen LogP contribution in [0.4, 0.5) is 5.69 Å². The maximum atomic E-state index is 12.9. The molecule has 2 aromatic carbocycles. The van der Waals surface area contributed by atoms with Crippen LogP contribution < -0.4 is 10.7 Å². The lowest BCUT2D eigenvalue weighted by Gasteiger charge is -2.16. The van der Waals surface area contributed by atoms with Gasteiger partial charge in [-0.2, -0.15) is 0 Å². The molecule has 0 unspecified atom stereocenters. The molecule has 0 saturated heterocycles. The third-order valence-electron chi connectivity index (χ3n) is 5.03. The van der Waals surface area contributed by atoms with Crippen molar-refractivity contribution in [2.45, 2.75) is 13.8 Å². The third-order valence-corrected chi connectivity index (χ3v) is 5.03. The molecular weight excluding hydrogens is 408 g/mol. The van der Waals surface area contributed by atoms with Crippen LogP contribution in [0.3, 0.4) is 0 Å². The topological polar surface area (TPSA) is 88.8 Å². The van der Waals surface area contributed by atoms with E-state index in [1.165, 1.54) is 6.08 Å². The van der Waals surface area contributed by atoms with E-state index in [1.54, 1.807) is 48.5 Å². The highest BCUT2D eigenvalue weighted by molar-refractivity contribution is 6.05. The number of benzene rings is 2. The van der Waals surface area contributed by atoms with E-state index in [9.17, 15) is 14.4 Å². The minimum absolute atomic E-state index is 0.0988. The first-order valence-electron chi connectivity index (χ1n) is 10.5. The van der Waals surface area contributed by atoms with E-state index in [1.807, 2.05) is 6.07 Å². The second-order valence-corrected chi connectivity index (χ2v) is 7.08. The van der Waals surface area contributed by atoms with Gasteiger partial charge in [0.05, 0.1) is 5.39 Å². The Morgan fingerprint density at radius 2 is 1.84 bits per heavy atom.